The van der Waals surface area contributed by atoms with Crippen molar-refractivity contribution in [1.29, 1.82) is 5.26 Å². The average Bonchev–Trinajstić information content (AvgIpc) is 3.17. The highest BCUT2D eigenvalue weighted by Crippen LogP contribution is 2.30. The lowest BCUT2D eigenvalue weighted by molar-refractivity contribution is -0.384. The lowest BCUT2D eigenvalue weighted by Crippen LogP contribution is -2.09. The Morgan fingerprint density at radius 3 is 2.44 bits per heavy atom. The van der Waals surface area contributed by atoms with Gasteiger partial charge < -0.3 is 9.30 Å². The zero-order valence-corrected chi connectivity index (χ0v) is 20.8. The molecular weight excluding hydrogens is 450 g/mol. The van der Waals surface area contributed by atoms with Gasteiger partial charge in [-0.3, -0.25) is 10.1 Å². The number of nitriles is 1. The molecule has 4 rings (SSSR count). The van der Waals surface area contributed by atoms with E-state index in [0.29, 0.717) is 30.2 Å². The number of aromatic nitrogens is 1. The molecule has 182 valence electrons. The van der Waals surface area contributed by atoms with E-state index in [1.54, 1.807) is 12.1 Å². The van der Waals surface area contributed by atoms with E-state index in [1.807, 2.05) is 43.3 Å². The van der Waals surface area contributed by atoms with Gasteiger partial charge in [-0.15, -0.1) is 0 Å². The van der Waals surface area contributed by atoms with Gasteiger partial charge in [0.15, 0.2) is 0 Å². The van der Waals surface area contributed by atoms with Crippen LogP contribution in [0.15, 0.2) is 72.8 Å². The number of fused-ring (bicyclic) bond motifs is 1. The quantitative estimate of drug-likeness (QED) is 0.141. The predicted molar refractivity (Wildman–Crippen MR) is 144 cm³/mol. The van der Waals surface area contributed by atoms with E-state index in [2.05, 4.69) is 42.7 Å². The van der Waals surface area contributed by atoms with Crippen molar-refractivity contribution in [3.8, 4) is 11.8 Å². The fourth-order valence-corrected chi connectivity index (χ4v) is 4.40. The van der Waals surface area contributed by atoms with Crippen molar-refractivity contribution >= 4 is 28.2 Å². The summed E-state index contributed by atoms with van der Waals surface area (Å²) in [5.41, 5.74) is 5.46. The molecule has 1 atom stereocenters. The van der Waals surface area contributed by atoms with Crippen LogP contribution in [0, 0.1) is 28.4 Å². The number of non-ortho nitro benzene ring substituents is 1. The third-order valence-corrected chi connectivity index (χ3v) is 6.72. The van der Waals surface area contributed by atoms with Crippen LogP contribution < -0.4 is 4.74 Å². The standard InChI is InChI=1S/C30H29N3O3/c1-4-21(2)23-11-15-27(16-12-23)36-18-17-32-22(3)29(28-7-5-6-8-30(28)32)19-25(20-31)24-9-13-26(14-10-24)33(34)35/h5-16,19,21H,4,17-18H2,1-3H3/b25-19+/t21-/m0/s1. The minimum Gasteiger partial charge on any atom is -0.492 e. The Bertz CT molecular complexity index is 1440. The van der Waals surface area contributed by atoms with E-state index in [1.165, 1.54) is 17.7 Å². The van der Waals surface area contributed by atoms with Crippen LogP contribution in [0.5, 0.6) is 5.75 Å². The highest BCUT2D eigenvalue weighted by Gasteiger charge is 2.14. The molecule has 0 amide bonds. The second-order valence-electron chi connectivity index (χ2n) is 8.87. The number of rotatable bonds is 9. The summed E-state index contributed by atoms with van der Waals surface area (Å²) in [5.74, 6) is 1.38. The number of nitro groups is 1. The summed E-state index contributed by atoms with van der Waals surface area (Å²) in [6, 6.07) is 24.7. The topological polar surface area (TPSA) is 81.1 Å². The Hall–Kier alpha value is -4.37. The Morgan fingerprint density at radius 1 is 1.11 bits per heavy atom. The molecule has 4 aromatic rings. The van der Waals surface area contributed by atoms with Gasteiger partial charge in [0.25, 0.3) is 5.69 Å². The van der Waals surface area contributed by atoms with E-state index < -0.39 is 4.92 Å². The molecule has 1 aromatic heterocycles. The summed E-state index contributed by atoms with van der Waals surface area (Å²) in [6.45, 7) is 7.62. The fraction of sp³-hybridized carbons (Fsp3) is 0.233. The fourth-order valence-electron chi connectivity index (χ4n) is 4.40. The molecule has 0 N–H and O–H groups in total. The SMILES string of the molecule is CC[C@H](C)c1ccc(OCCn2c(C)c(/C=C(\C#N)c3ccc([N+](=O)[O-])cc3)c3ccccc32)cc1. The number of para-hydroxylation sites is 1. The summed E-state index contributed by atoms with van der Waals surface area (Å²) < 4.78 is 8.26. The lowest BCUT2D eigenvalue weighted by atomic mass is 9.99. The molecule has 36 heavy (non-hydrogen) atoms. The zero-order chi connectivity index (χ0) is 25.7. The second-order valence-corrected chi connectivity index (χ2v) is 8.87. The van der Waals surface area contributed by atoms with Crippen molar-refractivity contribution in [1.82, 2.24) is 4.57 Å². The van der Waals surface area contributed by atoms with E-state index in [0.717, 1.165) is 34.3 Å². The number of ether oxygens (including phenoxy) is 1. The number of nitrogens with zero attached hydrogens (tertiary/aromatic N) is 3. The minimum atomic E-state index is -0.445. The third kappa shape index (κ3) is 5.16. The monoisotopic (exact) mass is 479 g/mol. The highest BCUT2D eigenvalue weighted by molar-refractivity contribution is 5.99. The molecule has 0 unspecified atom stereocenters. The van der Waals surface area contributed by atoms with Crippen LogP contribution in [0.3, 0.4) is 0 Å². The minimum absolute atomic E-state index is 0.00154. The van der Waals surface area contributed by atoms with Gasteiger partial charge in [-0.1, -0.05) is 44.2 Å². The maximum atomic E-state index is 11.0. The molecule has 6 nitrogen and oxygen atoms in total. The molecule has 1 heterocycles. The number of allylic oxidation sites excluding steroid dienone is 1. The van der Waals surface area contributed by atoms with Gasteiger partial charge in [-0.2, -0.15) is 5.26 Å². The van der Waals surface area contributed by atoms with Gasteiger partial charge in [0.1, 0.15) is 12.4 Å². The van der Waals surface area contributed by atoms with Gasteiger partial charge >= 0.3 is 0 Å². The summed E-state index contributed by atoms with van der Waals surface area (Å²) in [5, 5.41) is 21.9. The molecule has 0 aliphatic carbocycles. The van der Waals surface area contributed by atoms with E-state index in [4.69, 9.17) is 4.74 Å². The number of hydrogen-bond acceptors (Lipinski definition) is 4. The summed E-state index contributed by atoms with van der Waals surface area (Å²) >= 11 is 0. The van der Waals surface area contributed by atoms with Crippen molar-refractivity contribution in [3.05, 3.63) is 105 Å². The maximum absolute atomic E-state index is 11.0. The van der Waals surface area contributed by atoms with Gasteiger partial charge in [0.2, 0.25) is 0 Å². The van der Waals surface area contributed by atoms with E-state index >= 15 is 0 Å². The maximum Gasteiger partial charge on any atom is 0.269 e. The van der Waals surface area contributed by atoms with Gasteiger partial charge in [0.05, 0.1) is 23.1 Å². The van der Waals surface area contributed by atoms with Gasteiger partial charge in [-0.25, -0.2) is 0 Å². The molecule has 0 saturated heterocycles. The first-order valence-corrected chi connectivity index (χ1v) is 12.1. The van der Waals surface area contributed by atoms with Crippen molar-refractivity contribution in [2.75, 3.05) is 6.61 Å². The summed E-state index contributed by atoms with van der Waals surface area (Å²) in [6.07, 6.45) is 2.97. The summed E-state index contributed by atoms with van der Waals surface area (Å²) in [4.78, 5) is 10.5. The van der Waals surface area contributed by atoms with Gasteiger partial charge in [-0.05, 0) is 66.8 Å². The first kappa shape index (κ1) is 24.7. The third-order valence-electron chi connectivity index (χ3n) is 6.72. The smallest absolute Gasteiger partial charge is 0.269 e. The van der Waals surface area contributed by atoms with E-state index in [-0.39, 0.29) is 5.69 Å². The average molecular weight is 480 g/mol. The Kier molecular flexibility index (Phi) is 7.50. The molecule has 0 aliphatic rings. The van der Waals surface area contributed by atoms with Crippen LogP contribution in [0.2, 0.25) is 0 Å². The molecule has 0 spiro atoms. The molecule has 6 heteroatoms. The van der Waals surface area contributed by atoms with Crippen LogP contribution >= 0.6 is 0 Å². The van der Waals surface area contributed by atoms with Crippen LogP contribution in [0.4, 0.5) is 5.69 Å². The van der Waals surface area contributed by atoms with Crippen molar-refractivity contribution in [2.45, 2.75) is 39.7 Å². The predicted octanol–water partition coefficient (Wildman–Crippen LogP) is 7.51. The highest BCUT2D eigenvalue weighted by atomic mass is 16.6. The lowest BCUT2D eigenvalue weighted by Gasteiger charge is -2.12. The molecule has 0 bridgehead atoms. The van der Waals surface area contributed by atoms with Crippen LogP contribution in [0.1, 0.15) is 48.6 Å². The molecule has 0 radical (unpaired) electrons. The van der Waals surface area contributed by atoms with Crippen LogP contribution in [0.25, 0.3) is 22.6 Å². The first-order chi connectivity index (χ1) is 17.4. The molecule has 0 saturated carbocycles. The van der Waals surface area contributed by atoms with Gasteiger partial charge in [0, 0.05) is 34.3 Å². The van der Waals surface area contributed by atoms with E-state index in [9.17, 15) is 15.4 Å². The number of nitro benzene ring substituents is 1. The zero-order valence-electron chi connectivity index (χ0n) is 20.8. The van der Waals surface area contributed by atoms with Crippen molar-refractivity contribution < 1.29 is 9.66 Å². The second kappa shape index (κ2) is 10.9. The molecule has 3 aromatic carbocycles. The molecular formula is C30H29N3O3. The largest absolute Gasteiger partial charge is 0.492 e. The Labute approximate surface area is 211 Å². The number of benzene rings is 3. The summed E-state index contributed by atoms with van der Waals surface area (Å²) in [7, 11) is 0. The van der Waals surface area contributed by atoms with Crippen molar-refractivity contribution in [3.63, 3.8) is 0 Å². The van der Waals surface area contributed by atoms with Crippen molar-refractivity contribution in [2.24, 2.45) is 0 Å². The molecule has 0 fully saturated rings. The molecule has 0 aliphatic heterocycles. The Morgan fingerprint density at radius 2 is 1.81 bits per heavy atom. The Balaban J connectivity index is 1.59. The van der Waals surface area contributed by atoms with Crippen LogP contribution in [-0.2, 0) is 6.54 Å². The first-order valence-electron chi connectivity index (χ1n) is 12.1. The van der Waals surface area contributed by atoms with Crippen LogP contribution in [-0.4, -0.2) is 16.1 Å². The normalized spacial score (nSPS) is 12.3. The number of hydrogen-bond donors (Lipinski definition) is 0.